The number of hydrogen-bond acceptors (Lipinski definition) is 4. The van der Waals surface area contributed by atoms with E-state index in [0.29, 0.717) is 18.2 Å². The SMILES string of the molecule is CCCN(Cc1c(C(=O)O)cnn1C)CC1CCCN1. The lowest BCUT2D eigenvalue weighted by atomic mass is 10.2. The van der Waals surface area contributed by atoms with Gasteiger partial charge in [0.05, 0.1) is 11.9 Å². The molecule has 0 bridgehead atoms. The molecule has 1 fully saturated rings. The Morgan fingerprint density at radius 1 is 1.65 bits per heavy atom. The third-order valence-corrected chi connectivity index (χ3v) is 3.85. The molecule has 20 heavy (non-hydrogen) atoms. The summed E-state index contributed by atoms with van der Waals surface area (Å²) in [6.45, 7) is 5.83. The summed E-state index contributed by atoms with van der Waals surface area (Å²) in [5.41, 5.74) is 1.09. The highest BCUT2D eigenvalue weighted by Gasteiger charge is 2.21. The zero-order valence-corrected chi connectivity index (χ0v) is 12.3. The number of carboxylic acid groups (broad SMARTS) is 1. The topological polar surface area (TPSA) is 70.4 Å². The quantitative estimate of drug-likeness (QED) is 0.782. The molecule has 1 aromatic rings. The second kappa shape index (κ2) is 6.85. The molecule has 6 heteroatoms. The highest BCUT2D eigenvalue weighted by molar-refractivity contribution is 5.88. The third kappa shape index (κ3) is 3.58. The van der Waals surface area contributed by atoms with Crippen LogP contribution in [0.5, 0.6) is 0 Å². The fraction of sp³-hybridized carbons (Fsp3) is 0.714. The van der Waals surface area contributed by atoms with E-state index in [4.69, 9.17) is 0 Å². The molecular weight excluding hydrogens is 256 g/mol. The molecule has 2 rings (SSSR count). The molecule has 0 amide bonds. The standard InChI is InChI=1S/C14H24N4O2/c1-3-7-18(9-11-5-4-6-15-11)10-13-12(14(19)20)8-16-17(13)2/h8,11,15H,3-7,9-10H2,1-2H3,(H,19,20). The minimum atomic E-state index is -0.900. The van der Waals surface area contributed by atoms with Crippen molar-refractivity contribution < 1.29 is 9.90 Å². The Kier molecular flexibility index (Phi) is 5.14. The summed E-state index contributed by atoms with van der Waals surface area (Å²) in [6.07, 6.45) is 4.94. The van der Waals surface area contributed by atoms with Crippen molar-refractivity contribution in [3.05, 3.63) is 17.5 Å². The molecule has 0 radical (unpaired) electrons. The van der Waals surface area contributed by atoms with Crippen molar-refractivity contribution in [1.82, 2.24) is 20.0 Å². The van der Waals surface area contributed by atoms with Gasteiger partial charge in [-0.05, 0) is 32.4 Å². The number of aromatic carboxylic acids is 1. The Morgan fingerprint density at radius 2 is 2.45 bits per heavy atom. The zero-order valence-electron chi connectivity index (χ0n) is 12.3. The van der Waals surface area contributed by atoms with Crippen LogP contribution < -0.4 is 5.32 Å². The van der Waals surface area contributed by atoms with Crippen LogP contribution in [0.25, 0.3) is 0 Å². The Labute approximate surface area is 119 Å². The van der Waals surface area contributed by atoms with Crippen LogP contribution in [0.2, 0.25) is 0 Å². The van der Waals surface area contributed by atoms with Crippen LogP contribution in [0, 0.1) is 0 Å². The first-order valence-electron chi connectivity index (χ1n) is 7.31. The number of carbonyl (C=O) groups is 1. The first kappa shape index (κ1) is 15.0. The molecule has 2 N–H and O–H groups in total. The van der Waals surface area contributed by atoms with Gasteiger partial charge in [-0.15, -0.1) is 0 Å². The van der Waals surface area contributed by atoms with Gasteiger partial charge in [0.1, 0.15) is 5.56 Å². The van der Waals surface area contributed by atoms with Crippen molar-refractivity contribution >= 4 is 5.97 Å². The summed E-state index contributed by atoms with van der Waals surface area (Å²) >= 11 is 0. The fourth-order valence-electron chi connectivity index (χ4n) is 2.82. The Balaban J connectivity index is 2.06. The molecule has 112 valence electrons. The molecule has 1 atom stereocenters. The van der Waals surface area contributed by atoms with Gasteiger partial charge in [0.25, 0.3) is 0 Å². The van der Waals surface area contributed by atoms with Gasteiger partial charge in [-0.1, -0.05) is 6.92 Å². The van der Waals surface area contributed by atoms with E-state index < -0.39 is 5.97 Å². The smallest absolute Gasteiger partial charge is 0.339 e. The summed E-state index contributed by atoms with van der Waals surface area (Å²) in [7, 11) is 1.81. The second-order valence-corrected chi connectivity index (χ2v) is 5.46. The Hall–Kier alpha value is -1.40. The highest BCUT2D eigenvalue weighted by Crippen LogP contribution is 2.14. The molecule has 2 heterocycles. The molecule has 6 nitrogen and oxygen atoms in total. The molecule has 0 aliphatic carbocycles. The lowest BCUT2D eigenvalue weighted by molar-refractivity contribution is 0.0694. The van der Waals surface area contributed by atoms with Crippen LogP contribution in [-0.4, -0.2) is 51.4 Å². The summed E-state index contributed by atoms with van der Waals surface area (Å²) in [4.78, 5) is 13.6. The molecule has 0 spiro atoms. The largest absolute Gasteiger partial charge is 0.478 e. The van der Waals surface area contributed by atoms with Gasteiger partial charge in [-0.25, -0.2) is 4.79 Å². The predicted octanol–water partition coefficient (Wildman–Crippen LogP) is 1.08. The van der Waals surface area contributed by atoms with Crippen molar-refractivity contribution in [1.29, 1.82) is 0 Å². The number of hydrogen-bond donors (Lipinski definition) is 2. The number of nitrogens with one attached hydrogen (secondary N) is 1. The van der Waals surface area contributed by atoms with E-state index in [0.717, 1.165) is 31.7 Å². The normalized spacial score (nSPS) is 18.9. The van der Waals surface area contributed by atoms with Gasteiger partial charge in [0.2, 0.25) is 0 Å². The van der Waals surface area contributed by atoms with Crippen LogP contribution >= 0.6 is 0 Å². The van der Waals surface area contributed by atoms with Gasteiger partial charge < -0.3 is 10.4 Å². The van der Waals surface area contributed by atoms with Crippen LogP contribution in [0.1, 0.15) is 42.2 Å². The summed E-state index contributed by atoms with van der Waals surface area (Å²) in [5, 5.41) is 16.8. The number of carboxylic acids is 1. The first-order valence-corrected chi connectivity index (χ1v) is 7.31. The number of aromatic nitrogens is 2. The molecule has 1 aliphatic heterocycles. The van der Waals surface area contributed by atoms with Gasteiger partial charge in [0, 0.05) is 26.2 Å². The maximum Gasteiger partial charge on any atom is 0.339 e. The molecule has 0 aromatic carbocycles. The second-order valence-electron chi connectivity index (χ2n) is 5.46. The fourth-order valence-corrected chi connectivity index (χ4v) is 2.82. The monoisotopic (exact) mass is 280 g/mol. The number of aryl methyl sites for hydroxylation is 1. The molecular formula is C14H24N4O2. The third-order valence-electron chi connectivity index (χ3n) is 3.85. The van der Waals surface area contributed by atoms with Crippen molar-refractivity contribution in [2.75, 3.05) is 19.6 Å². The molecule has 1 unspecified atom stereocenters. The Bertz CT molecular complexity index is 452. The van der Waals surface area contributed by atoms with Crippen molar-refractivity contribution in [3.8, 4) is 0 Å². The van der Waals surface area contributed by atoms with Crippen molar-refractivity contribution in [3.63, 3.8) is 0 Å². The Morgan fingerprint density at radius 3 is 3.05 bits per heavy atom. The maximum absolute atomic E-state index is 11.2. The minimum absolute atomic E-state index is 0.313. The minimum Gasteiger partial charge on any atom is -0.478 e. The summed E-state index contributed by atoms with van der Waals surface area (Å²) < 4.78 is 1.67. The average molecular weight is 280 g/mol. The van der Waals surface area contributed by atoms with E-state index in [1.165, 1.54) is 19.0 Å². The van der Waals surface area contributed by atoms with Gasteiger partial charge in [-0.3, -0.25) is 9.58 Å². The first-order chi connectivity index (χ1) is 9.61. The summed E-state index contributed by atoms with van der Waals surface area (Å²) in [6, 6.07) is 0.531. The molecule has 1 saturated heterocycles. The van der Waals surface area contributed by atoms with Crippen LogP contribution in [0.15, 0.2) is 6.20 Å². The lowest BCUT2D eigenvalue weighted by Gasteiger charge is -2.25. The van der Waals surface area contributed by atoms with E-state index in [-0.39, 0.29) is 0 Å². The van der Waals surface area contributed by atoms with Crippen molar-refractivity contribution in [2.24, 2.45) is 7.05 Å². The van der Waals surface area contributed by atoms with E-state index in [2.05, 4.69) is 22.2 Å². The van der Waals surface area contributed by atoms with Crippen LogP contribution in [-0.2, 0) is 13.6 Å². The predicted molar refractivity (Wildman–Crippen MR) is 76.8 cm³/mol. The van der Waals surface area contributed by atoms with E-state index in [1.54, 1.807) is 11.7 Å². The van der Waals surface area contributed by atoms with Crippen LogP contribution in [0.3, 0.4) is 0 Å². The molecule has 0 saturated carbocycles. The summed E-state index contributed by atoms with van der Waals surface area (Å²) in [5.74, 6) is -0.900. The lowest BCUT2D eigenvalue weighted by Crippen LogP contribution is -2.38. The van der Waals surface area contributed by atoms with Gasteiger partial charge in [0.15, 0.2) is 0 Å². The number of nitrogens with zero attached hydrogens (tertiary/aromatic N) is 3. The van der Waals surface area contributed by atoms with Gasteiger partial charge in [-0.2, -0.15) is 5.10 Å². The van der Waals surface area contributed by atoms with E-state index in [1.807, 2.05) is 0 Å². The zero-order chi connectivity index (χ0) is 14.5. The molecule has 1 aromatic heterocycles. The average Bonchev–Trinajstić information content (AvgIpc) is 3.01. The maximum atomic E-state index is 11.2. The highest BCUT2D eigenvalue weighted by atomic mass is 16.4. The van der Waals surface area contributed by atoms with Crippen molar-refractivity contribution in [2.45, 2.75) is 38.8 Å². The molecule has 1 aliphatic rings. The van der Waals surface area contributed by atoms with E-state index >= 15 is 0 Å². The van der Waals surface area contributed by atoms with Crippen LogP contribution in [0.4, 0.5) is 0 Å². The van der Waals surface area contributed by atoms with E-state index in [9.17, 15) is 9.90 Å². The number of rotatable bonds is 7. The van der Waals surface area contributed by atoms with Gasteiger partial charge >= 0.3 is 5.97 Å².